The number of carboxylic acid groups (broad SMARTS) is 1. The number of likely N-dealkylation sites (tertiary alicyclic amines) is 1. The molecule has 1 aromatic rings. The summed E-state index contributed by atoms with van der Waals surface area (Å²) in [6.07, 6.45) is 0.0958. The zero-order valence-electron chi connectivity index (χ0n) is 12.2. The molecule has 1 N–H and O–H groups in total. The maximum absolute atomic E-state index is 12.7. The number of rotatable bonds is 3. The monoisotopic (exact) mass is 355 g/mol. The molecule has 0 bridgehead atoms. The number of benzene rings is 1. The fraction of sp³-hybridized carbons (Fsp3) is 0.467. The summed E-state index contributed by atoms with van der Waals surface area (Å²) >= 11 is 3.43. The van der Waals surface area contributed by atoms with Crippen molar-refractivity contribution in [3.05, 3.63) is 33.3 Å². The van der Waals surface area contributed by atoms with Crippen LogP contribution >= 0.6 is 15.9 Å². The largest absolute Gasteiger partial charge is 0.480 e. The average Bonchev–Trinajstić information content (AvgIpc) is 2.86. The molecule has 114 valence electrons. The van der Waals surface area contributed by atoms with Gasteiger partial charge in [-0.15, -0.1) is 0 Å². The van der Waals surface area contributed by atoms with Crippen molar-refractivity contribution in [2.75, 3.05) is 13.7 Å². The van der Waals surface area contributed by atoms with Gasteiger partial charge in [0.15, 0.2) is 0 Å². The molecule has 6 heteroatoms. The third-order valence-corrected chi connectivity index (χ3v) is 4.73. The van der Waals surface area contributed by atoms with Crippen LogP contribution in [0.1, 0.15) is 27.9 Å². The summed E-state index contributed by atoms with van der Waals surface area (Å²) in [5, 5.41) is 9.30. The SMILES string of the molecule is COC1CC(C(=O)O)N(C(=O)c2cc(C)c(Br)cc2C)C1. The highest BCUT2D eigenvalue weighted by molar-refractivity contribution is 9.10. The molecular formula is C15H18BrNO4. The second-order valence-corrected chi connectivity index (χ2v) is 6.18. The molecular weight excluding hydrogens is 338 g/mol. The number of amides is 1. The van der Waals surface area contributed by atoms with E-state index in [1.807, 2.05) is 19.9 Å². The number of carbonyl (C=O) groups excluding carboxylic acids is 1. The van der Waals surface area contributed by atoms with E-state index in [-0.39, 0.29) is 12.0 Å². The number of hydrogen-bond donors (Lipinski definition) is 1. The first-order valence-electron chi connectivity index (χ1n) is 6.68. The Morgan fingerprint density at radius 2 is 2.00 bits per heavy atom. The fourth-order valence-corrected chi connectivity index (χ4v) is 3.05. The van der Waals surface area contributed by atoms with E-state index in [1.54, 1.807) is 6.07 Å². The van der Waals surface area contributed by atoms with E-state index >= 15 is 0 Å². The van der Waals surface area contributed by atoms with Crippen molar-refractivity contribution >= 4 is 27.8 Å². The molecule has 1 heterocycles. The van der Waals surface area contributed by atoms with Crippen LogP contribution < -0.4 is 0 Å². The lowest BCUT2D eigenvalue weighted by atomic mass is 10.0. The van der Waals surface area contributed by atoms with E-state index in [2.05, 4.69) is 15.9 Å². The molecule has 1 aliphatic rings. The minimum atomic E-state index is -0.991. The van der Waals surface area contributed by atoms with Crippen molar-refractivity contribution in [2.24, 2.45) is 0 Å². The Morgan fingerprint density at radius 3 is 2.57 bits per heavy atom. The number of hydrogen-bond acceptors (Lipinski definition) is 3. The standard InChI is InChI=1S/C15H18BrNO4/c1-8-5-12(16)9(2)4-11(8)14(18)17-7-10(21-3)6-13(17)15(19)20/h4-5,10,13H,6-7H2,1-3H3,(H,19,20). The molecule has 1 fully saturated rings. The highest BCUT2D eigenvalue weighted by Crippen LogP contribution is 2.26. The molecule has 0 radical (unpaired) electrons. The lowest BCUT2D eigenvalue weighted by molar-refractivity contribution is -0.141. The van der Waals surface area contributed by atoms with Gasteiger partial charge >= 0.3 is 5.97 Å². The van der Waals surface area contributed by atoms with Crippen LogP contribution in [-0.2, 0) is 9.53 Å². The van der Waals surface area contributed by atoms with Crippen molar-refractivity contribution in [1.29, 1.82) is 0 Å². The molecule has 2 atom stereocenters. The lowest BCUT2D eigenvalue weighted by Gasteiger charge is -2.22. The Labute approximate surface area is 132 Å². The Balaban J connectivity index is 2.34. The van der Waals surface area contributed by atoms with Crippen molar-refractivity contribution in [3.8, 4) is 0 Å². The molecule has 2 unspecified atom stereocenters. The van der Waals surface area contributed by atoms with Crippen LogP contribution in [0.4, 0.5) is 0 Å². The quantitative estimate of drug-likeness (QED) is 0.903. The van der Waals surface area contributed by atoms with Crippen LogP contribution in [0, 0.1) is 13.8 Å². The van der Waals surface area contributed by atoms with Crippen molar-refractivity contribution in [3.63, 3.8) is 0 Å². The Bertz CT molecular complexity index is 587. The van der Waals surface area contributed by atoms with Gasteiger partial charge in [-0.25, -0.2) is 4.79 Å². The van der Waals surface area contributed by atoms with Gasteiger partial charge < -0.3 is 14.7 Å². The van der Waals surface area contributed by atoms with Crippen LogP contribution in [0.3, 0.4) is 0 Å². The maximum atomic E-state index is 12.7. The van der Waals surface area contributed by atoms with E-state index in [4.69, 9.17) is 4.74 Å². The number of methoxy groups -OCH3 is 1. The number of aliphatic carboxylic acids is 1. The Morgan fingerprint density at radius 1 is 1.33 bits per heavy atom. The van der Waals surface area contributed by atoms with Gasteiger partial charge in [0, 0.05) is 30.1 Å². The summed E-state index contributed by atoms with van der Waals surface area (Å²) in [6.45, 7) is 4.05. The van der Waals surface area contributed by atoms with E-state index in [0.29, 0.717) is 18.5 Å². The van der Waals surface area contributed by atoms with Crippen molar-refractivity contribution in [1.82, 2.24) is 4.90 Å². The van der Waals surface area contributed by atoms with Crippen molar-refractivity contribution in [2.45, 2.75) is 32.4 Å². The molecule has 5 nitrogen and oxygen atoms in total. The van der Waals surface area contributed by atoms with Crippen molar-refractivity contribution < 1.29 is 19.4 Å². The third kappa shape index (κ3) is 3.11. The number of carbonyl (C=O) groups is 2. The fourth-order valence-electron chi connectivity index (χ4n) is 2.59. The summed E-state index contributed by atoms with van der Waals surface area (Å²) in [7, 11) is 1.53. The predicted octanol–water partition coefficient (Wildman–Crippen LogP) is 2.38. The van der Waals surface area contributed by atoms with Crippen LogP contribution in [0.5, 0.6) is 0 Å². The topological polar surface area (TPSA) is 66.8 Å². The second-order valence-electron chi connectivity index (χ2n) is 5.32. The van der Waals surface area contributed by atoms with E-state index in [9.17, 15) is 14.7 Å². The lowest BCUT2D eigenvalue weighted by Crippen LogP contribution is -2.40. The predicted molar refractivity (Wildman–Crippen MR) is 81.5 cm³/mol. The van der Waals surface area contributed by atoms with Gasteiger partial charge in [0.05, 0.1) is 6.10 Å². The molecule has 1 aromatic carbocycles. The van der Waals surface area contributed by atoms with Crippen LogP contribution in [0.25, 0.3) is 0 Å². The molecule has 0 aliphatic carbocycles. The second kappa shape index (κ2) is 6.15. The van der Waals surface area contributed by atoms with Crippen LogP contribution in [0.2, 0.25) is 0 Å². The van der Waals surface area contributed by atoms with Gasteiger partial charge in [0.25, 0.3) is 5.91 Å². The van der Waals surface area contributed by atoms with Crippen LogP contribution in [0.15, 0.2) is 16.6 Å². The van der Waals surface area contributed by atoms with Gasteiger partial charge in [-0.05, 0) is 37.1 Å². The van der Waals surface area contributed by atoms with E-state index in [1.165, 1.54) is 12.0 Å². The summed E-state index contributed by atoms with van der Waals surface area (Å²) < 4.78 is 6.15. The average molecular weight is 356 g/mol. The zero-order valence-corrected chi connectivity index (χ0v) is 13.8. The number of aryl methyl sites for hydroxylation is 2. The van der Waals surface area contributed by atoms with E-state index in [0.717, 1.165) is 15.6 Å². The van der Waals surface area contributed by atoms with Gasteiger partial charge in [0.1, 0.15) is 6.04 Å². The molecule has 21 heavy (non-hydrogen) atoms. The Hall–Kier alpha value is -1.40. The maximum Gasteiger partial charge on any atom is 0.326 e. The highest BCUT2D eigenvalue weighted by atomic mass is 79.9. The normalized spacial score (nSPS) is 21.6. The molecule has 1 amide bonds. The van der Waals surface area contributed by atoms with Gasteiger partial charge in [-0.3, -0.25) is 4.79 Å². The Kier molecular flexibility index (Phi) is 4.68. The minimum absolute atomic E-state index is 0.230. The summed E-state index contributed by atoms with van der Waals surface area (Å²) in [5.41, 5.74) is 2.31. The summed E-state index contributed by atoms with van der Waals surface area (Å²) in [6, 6.07) is 2.84. The molecule has 0 aromatic heterocycles. The van der Waals surface area contributed by atoms with Gasteiger partial charge in [0.2, 0.25) is 0 Å². The number of nitrogens with zero attached hydrogens (tertiary/aromatic N) is 1. The molecule has 0 spiro atoms. The van der Waals surface area contributed by atoms with Gasteiger partial charge in [-0.2, -0.15) is 0 Å². The zero-order chi connectivity index (χ0) is 15.7. The number of carboxylic acids is 1. The smallest absolute Gasteiger partial charge is 0.326 e. The summed E-state index contributed by atoms with van der Waals surface area (Å²) in [5.74, 6) is -1.25. The van der Waals surface area contributed by atoms with E-state index < -0.39 is 12.0 Å². The third-order valence-electron chi connectivity index (χ3n) is 3.88. The highest BCUT2D eigenvalue weighted by Gasteiger charge is 2.40. The minimum Gasteiger partial charge on any atom is -0.480 e. The first-order valence-corrected chi connectivity index (χ1v) is 7.47. The molecule has 2 rings (SSSR count). The first kappa shape index (κ1) is 16.0. The summed E-state index contributed by atoms with van der Waals surface area (Å²) in [4.78, 5) is 25.5. The molecule has 1 aliphatic heterocycles. The number of halogens is 1. The molecule has 0 saturated carbocycles. The first-order chi connectivity index (χ1) is 9.85. The number of ether oxygens (including phenoxy) is 1. The van der Waals surface area contributed by atoms with Crippen LogP contribution in [-0.4, -0.2) is 47.7 Å². The van der Waals surface area contributed by atoms with Gasteiger partial charge in [-0.1, -0.05) is 15.9 Å². The molecule has 1 saturated heterocycles.